The maximum absolute atomic E-state index is 10.6. The summed E-state index contributed by atoms with van der Waals surface area (Å²) in [6.45, 7) is 8.54. The largest absolute Gasteiger partial charge is 0.491 e. The smallest absolute Gasteiger partial charge is 0.120 e. The Morgan fingerprint density at radius 3 is 2.59 bits per heavy atom. The van der Waals surface area contributed by atoms with Crippen molar-refractivity contribution in [2.24, 2.45) is 5.92 Å². The molecule has 2 heterocycles. The van der Waals surface area contributed by atoms with E-state index in [1.54, 1.807) is 0 Å². The number of aromatic nitrogens is 1. The maximum atomic E-state index is 10.6. The van der Waals surface area contributed by atoms with Crippen LogP contribution in [-0.2, 0) is 0 Å². The minimum Gasteiger partial charge on any atom is -0.491 e. The van der Waals surface area contributed by atoms with Gasteiger partial charge in [-0.05, 0) is 71.8 Å². The van der Waals surface area contributed by atoms with Crippen molar-refractivity contribution >= 4 is 10.8 Å². The number of β-amino-alcohol motifs (C(OH)–C–C–N with tert-alkyl or cyclic N) is 1. The number of piperazine rings is 1. The number of benzene rings is 2. The molecule has 1 aliphatic heterocycles. The van der Waals surface area contributed by atoms with Crippen molar-refractivity contribution in [3.63, 3.8) is 0 Å². The fourth-order valence-corrected chi connectivity index (χ4v) is 4.68. The van der Waals surface area contributed by atoms with Crippen LogP contribution in [0.4, 0.5) is 0 Å². The summed E-state index contributed by atoms with van der Waals surface area (Å²) in [6.07, 6.45) is 4.17. The Kier molecular flexibility index (Phi) is 6.39. The van der Waals surface area contributed by atoms with E-state index < -0.39 is 6.10 Å². The Labute approximate surface area is 190 Å². The van der Waals surface area contributed by atoms with Crippen LogP contribution in [0, 0.1) is 12.8 Å². The number of fused-ring (bicyclic) bond motifs is 1. The van der Waals surface area contributed by atoms with E-state index in [4.69, 9.17) is 4.74 Å². The van der Waals surface area contributed by atoms with Gasteiger partial charge in [-0.1, -0.05) is 24.3 Å². The highest BCUT2D eigenvalue weighted by Crippen LogP contribution is 2.33. The van der Waals surface area contributed by atoms with Gasteiger partial charge in [-0.15, -0.1) is 0 Å². The molecule has 1 unspecified atom stereocenters. The molecular formula is C27H33N3O2. The van der Waals surface area contributed by atoms with Crippen molar-refractivity contribution in [1.29, 1.82) is 0 Å². The summed E-state index contributed by atoms with van der Waals surface area (Å²) in [6, 6.07) is 16.6. The fourth-order valence-electron chi connectivity index (χ4n) is 4.68. The zero-order valence-corrected chi connectivity index (χ0v) is 18.9. The van der Waals surface area contributed by atoms with Crippen LogP contribution >= 0.6 is 0 Å². The standard InChI is InChI=1S/C27H33N3O2/c1-20-14-23(8-9-28-20)27-16-25(15-22-4-2-3-5-26(22)27)32-19-24(31)18-30-12-10-29(11-13-30)17-21-6-7-21/h2-5,8-9,14-16,21,24,31H,6-7,10-13,17-19H2,1H3. The van der Waals surface area contributed by atoms with Gasteiger partial charge in [0.1, 0.15) is 18.5 Å². The zero-order valence-electron chi connectivity index (χ0n) is 18.9. The second-order valence-electron chi connectivity index (χ2n) is 9.39. The first-order valence-corrected chi connectivity index (χ1v) is 11.9. The molecule has 1 aliphatic carbocycles. The molecule has 0 bridgehead atoms. The number of aliphatic hydroxyl groups excluding tert-OH is 1. The summed E-state index contributed by atoms with van der Waals surface area (Å²) in [4.78, 5) is 9.27. The predicted molar refractivity (Wildman–Crippen MR) is 129 cm³/mol. The molecule has 32 heavy (non-hydrogen) atoms. The minimum absolute atomic E-state index is 0.301. The van der Waals surface area contributed by atoms with Gasteiger partial charge in [0, 0.05) is 51.2 Å². The van der Waals surface area contributed by atoms with E-state index in [0.29, 0.717) is 13.2 Å². The van der Waals surface area contributed by atoms with Crippen LogP contribution in [0.25, 0.3) is 21.9 Å². The van der Waals surface area contributed by atoms with Gasteiger partial charge in [-0.25, -0.2) is 0 Å². The third-order valence-electron chi connectivity index (χ3n) is 6.63. The van der Waals surface area contributed by atoms with E-state index >= 15 is 0 Å². The third-order valence-corrected chi connectivity index (χ3v) is 6.63. The molecule has 2 fully saturated rings. The molecule has 0 amide bonds. The van der Waals surface area contributed by atoms with E-state index in [1.807, 2.05) is 25.3 Å². The van der Waals surface area contributed by atoms with Crippen LogP contribution in [0.15, 0.2) is 54.7 Å². The molecule has 5 nitrogen and oxygen atoms in total. The first kappa shape index (κ1) is 21.4. The Balaban J connectivity index is 1.22. The van der Waals surface area contributed by atoms with E-state index in [1.165, 1.54) is 24.8 Å². The predicted octanol–water partition coefficient (Wildman–Crippen LogP) is 3.98. The van der Waals surface area contributed by atoms with Crippen LogP contribution in [0.2, 0.25) is 0 Å². The Morgan fingerprint density at radius 1 is 1.03 bits per heavy atom. The number of aryl methyl sites for hydroxylation is 1. The lowest BCUT2D eigenvalue weighted by Gasteiger charge is -2.35. The number of ether oxygens (including phenoxy) is 1. The quantitative estimate of drug-likeness (QED) is 0.585. The van der Waals surface area contributed by atoms with Crippen molar-refractivity contribution < 1.29 is 9.84 Å². The lowest BCUT2D eigenvalue weighted by atomic mass is 9.98. The molecule has 1 saturated carbocycles. The SMILES string of the molecule is Cc1cc(-c2cc(OCC(O)CN3CCN(CC4CC4)CC3)cc3ccccc23)ccn1. The molecule has 168 valence electrons. The second kappa shape index (κ2) is 9.57. The van der Waals surface area contributed by atoms with Gasteiger partial charge in [0.25, 0.3) is 0 Å². The van der Waals surface area contributed by atoms with Crippen LogP contribution in [0.1, 0.15) is 18.5 Å². The van der Waals surface area contributed by atoms with Gasteiger partial charge >= 0.3 is 0 Å². The lowest BCUT2D eigenvalue weighted by Crippen LogP contribution is -2.49. The summed E-state index contributed by atoms with van der Waals surface area (Å²) < 4.78 is 6.09. The van der Waals surface area contributed by atoms with Crippen molar-refractivity contribution in [3.8, 4) is 16.9 Å². The first-order chi connectivity index (χ1) is 15.6. The number of aliphatic hydroxyl groups is 1. The van der Waals surface area contributed by atoms with Crippen molar-refractivity contribution in [1.82, 2.24) is 14.8 Å². The second-order valence-corrected chi connectivity index (χ2v) is 9.39. The topological polar surface area (TPSA) is 48.8 Å². The normalized spacial score (nSPS) is 18.7. The van der Waals surface area contributed by atoms with Crippen molar-refractivity contribution in [2.45, 2.75) is 25.9 Å². The van der Waals surface area contributed by atoms with Crippen molar-refractivity contribution in [3.05, 3.63) is 60.4 Å². The Morgan fingerprint density at radius 2 is 1.81 bits per heavy atom. The highest BCUT2D eigenvalue weighted by atomic mass is 16.5. The Bertz CT molecular complexity index is 1060. The molecule has 1 N–H and O–H groups in total. The number of pyridine rings is 1. The average Bonchev–Trinajstić information content (AvgIpc) is 3.62. The van der Waals surface area contributed by atoms with E-state index in [-0.39, 0.29) is 0 Å². The van der Waals surface area contributed by atoms with Gasteiger partial charge < -0.3 is 14.7 Å². The molecule has 1 aromatic heterocycles. The number of nitrogens with zero attached hydrogens (tertiary/aromatic N) is 3. The summed E-state index contributed by atoms with van der Waals surface area (Å²) in [5.74, 6) is 1.74. The average molecular weight is 432 g/mol. The summed E-state index contributed by atoms with van der Waals surface area (Å²) in [5.41, 5.74) is 3.25. The van der Waals surface area contributed by atoms with Crippen LogP contribution in [-0.4, -0.2) is 71.9 Å². The first-order valence-electron chi connectivity index (χ1n) is 11.9. The van der Waals surface area contributed by atoms with E-state index in [9.17, 15) is 5.11 Å². The molecule has 0 radical (unpaired) electrons. The van der Waals surface area contributed by atoms with Crippen molar-refractivity contribution in [2.75, 3.05) is 45.9 Å². The van der Waals surface area contributed by atoms with E-state index in [2.05, 4.69) is 51.2 Å². The fraction of sp³-hybridized carbons (Fsp3) is 0.444. The highest BCUT2D eigenvalue weighted by Gasteiger charge is 2.26. The number of hydrogen-bond acceptors (Lipinski definition) is 5. The van der Waals surface area contributed by atoms with Gasteiger partial charge in [-0.2, -0.15) is 0 Å². The number of hydrogen-bond donors (Lipinski definition) is 1. The summed E-state index contributed by atoms with van der Waals surface area (Å²) >= 11 is 0. The minimum atomic E-state index is -0.497. The molecule has 3 aromatic rings. The van der Waals surface area contributed by atoms with Gasteiger partial charge in [0.2, 0.25) is 0 Å². The Hall–Kier alpha value is -2.47. The van der Waals surface area contributed by atoms with Gasteiger partial charge in [0.05, 0.1) is 0 Å². The molecule has 1 saturated heterocycles. The zero-order chi connectivity index (χ0) is 21.9. The molecule has 1 atom stereocenters. The van der Waals surface area contributed by atoms with Crippen LogP contribution in [0.5, 0.6) is 5.75 Å². The molecular weight excluding hydrogens is 398 g/mol. The summed E-state index contributed by atoms with van der Waals surface area (Å²) in [7, 11) is 0. The number of rotatable bonds is 8. The van der Waals surface area contributed by atoms with Crippen LogP contribution in [0.3, 0.4) is 0 Å². The highest BCUT2D eigenvalue weighted by molar-refractivity contribution is 5.97. The molecule has 5 heteroatoms. The van der Waals surface area contributed by atoms with E-state index in [0.717, 1.165) is 60.1 Å². The van der Waals surface area contributed by atoms with Gasteiger partial charge in [-0.3, -0.25) is 9.88 Å². The monoisotopic (exact) mass is 431 g/mol. The van der Waals surface area contributed by atoms with Crippen LogP contribution < -0.4 is 4.74 Å². The molecule has 2 aromatic carbocycles. The molecule has 2 aliphatic rings. The van der Waals surface area contributed by atoms with Gasteiger partial charge in [0.15, 0.2) is 0 Å². The summed E-state index contributed by atoms with van der Waals surface area (Å²) in [5, 5.41) is 13.0. The molecule has 0 spiro atoms. The molecule has 5 rings (SSSR count). The third kappa shape index (κ3) is 5.29. The lowest BCUT2D eigenvalue weighted by molar-refractivity contribution is 0.0453. The maximum Gasteiger partial charge on any atom is 0.120 e.